The summed E-state index contributed by atoms with van der Waals surface area (Å²) in [5, 5.41) is 4.12. The molecule has 0 unspecified atom stereocenters. The predicted octanol–water partition coefficient (Wildman–Crippen LogP) is 4.53. The number of nitrogens with zero attached hydrogens (tertiary/aromatic N) is 4. The third kappa shape index (κ3) is 4.80. The molecule has 6 heteroatoms. The van der Waals surface area contributed by atoms with Gasteiger partial charge in [0.05, 0.1) is 11.7 Å². The lowest BCUT2D eigenvalue weighted by Crippen LogP contribution is -2.33. The molecule has 0 aliphatic heterocycles. The molecule has 1 heterocycles. The summed E-state index contributed by atoms with van der Waals surface area (Å²) in [5.41, 5.74) is 4.21. The maximum absolute atomic E-state index is 12.7. The molecule has 0 N–H and O–H groups in total. The van der Waals surface area contributed by atoms with Crippen LogP contribution in [0.3, 0.4) is 0 Å². The Balaban J connectivity index is 1.34. The van der Waals surface area contributed by atoms with Gasteiger partial charge in [-0.2, -0.15) is 5.10 Å². The van der Waals surface area contributed by atoms with Gasteiger partial charge in [-0.05, 0) is 47.9 Å². The summed E-state index contributed by atoms with van der Waals surface area (Å²) < 4.78 is 7.42. The smallest absolute Gasteiger partial charge is 0.260 e. The fraction of sp³-hybridized carbons (Fsp3) is 0.160. The van der Waals surface area contributed by atoms with Crippen LogP contribution in [0.1, 0.15) is 18.5 Å². The van der Waals surface area contributed by atoms with Crippen LogP contribution in [0.2, 0.25) is 0 Å². The van der Waals surface area contributed by atoms with E-state index in [1.807, 2.05) is 73.7 Å². The van der Waals surface area contributed by atoms with Gasteiger partial charge in [0.25, 0.3) is 5.91 Å². The van der Waals surface area contributed by atoms with Crippen molar-refractivity contribution in [3.63, 3.8) is 0 Å². The lowest BCUT2D eigenvalue weighted by atomic mass is 10.1. The molecule has 0 saturated heterocycles. The van der Waals surface area contributed by atoms with Crippen LogP contribution in [0.15, 0.2) is 91.5 Å². The van der Waals surface area contributed by atoms with Crippen LogP contribution in [0.25, 0.3) is 16.8 Å². The van der Waals surface area contributed by atoms with E-state index < -0.39 is 0 Å². The minimum Gasteiger partial charge on any atom is -0.484 e. The standard InChI is InChI=1S/C25H24N4O2/c1-19(20-8-12-23(13-9-20)29-18-26-17-27-29)28(2)25(30)16-31-24-14-10-22(11-15-24)21-6-4-3-5-7-21/h3-15,17-19H,16H2,1-2H3/t19-/m0/s1. The molecular weight excluding hydrogens is 388 g/mol. The fourth-order valence-electron chi connectivity index (χ4n) is 3.31. The highest BCUT2D eigenvalue weighted by molar-refractivity contribution is 5.78. The van der Waals surface area contributed by atoms with Crippen molar-refractivity contribution in [2.24, 2.45) is 0 Å². The van der Waals surface area contributed by atoms with E-state index in [0.29, 0.717) is 5.75 Å². The van der Waals surface area contributed by atoms with Crippen LogP contribution in [0, 0.1) is 0 Å². The van der Waals surface area contributed by atoms with E-state index in [2.05, 4.69) is 22.2 Å². The monoisotopic (exact) mass is 412 g/mol. The molecular formula is C25H24N4O2. The van der Waals surface area contributed by atoms with Gasteiger partial charge >= 0.3 is 0 Å². The molecule has 1 amide bonds. The Kier molecular flexibility index (Phi) is 6.08. The number of hydrogen-bond donors (Lipinski definition) is 0. The maximum atomic E-state index is 12.7. The van der Waals surface area contributed by atoms with Crippen LogP contribution in [-0.2, 0) is 4.79 Å². The summed E-state index contributed by atoms with van der Waals surface area (Å²) in [7, 11) is 1.79. The minimum absolute atomic E-state index is 0.0113. The summed E-state index contributed by atoms with van der Waals surface area (Å²) in [6.45, 7) is 1.99. The van der Waals surface area contributed by atoms with Gasteiger partial charge in [-0.1, -0.05) is 54.6 Å². The molecule has 6 nitrogen and oxygen atoms in total. The van der Waals surface area contributed by atoms with Crippen molar-refractivity contribution in [3.05, 3.63) is 97.1 Å². The summed E-state index contributed by atoms with van der Waals surface area (Å²) in [5.74, 6) is 0.589. The molecule has 0 aliphatic carbocycles. The van der Waals surface area contributed by atoms with E-state index in [1.54, 1.807) is 23.0 Å². The van der Waals surface area contributed by atoms with Gasteiger partial charge in [0.1, 0.15) is 18.4 Å². The van der Waals surface area contributed by atoms with Crippen molar-refractivity contribution in [2.45, 2.75) is 13.0 Å². The number of ether oxygens (including phenoxy) is 1. The molecule has 3 aromatic carbocycles. The van der Waals surface area contributed by atoms with Crippen LogP contribution in [-0.4, -0.2) is 39.2 Å². The molecule has 1 atom stereocenters. The van der Waals surface area contributed by atoms with Gasteiger partial charge in [0.15, 0.2) is 6.61 Å². The zero-order valence-corrected chi connectivity index (χ0v) is 17.6. The van der Waals surface area contributed by atoms with E-state index in [-0.39, 0.29) is 18.6 Å². The molecule has 0 aliphatic rings. The van der Waals surface area contributed by atoms with E-state index in [4.69, 9.17) is 4.74 Å². The third-order valence-corrected chi connectivity index (χ3v) is 5.36. The van der Waals surface area contributed by atoms with Crippen molar-refractivity contribution in [3.8, 4) is 22.6 Å². The highest BCUT2D eigenvalue weighted by Crippen LogP contribution is 2.23. The molecule has 0 spiro atoms. The van der Waals surface area contributed by atoms with Crippen molar-refractivity contribution in [1.82, 2.24) is 19.7 Å². The summed E-state index contributed by atoms with van der Waals surface area (Å²) in [6, 6.07) is 25.8. The van der Waals surface area contributed by atoms with Crippen molar-refractivity contribution >= 4 is 5.91 Å². The van der Waals surface area contributed by atoms with E-state index in [1.165, 1.54) is 6.33 Å². The first-order valence-corrected chi connectivity index (χ1v) is 10.1. The first kappa shape index (κ1) is 20.3. The molecule has 1 aromatic heterocycles. The Morgan fingerprint density at radius 3 is 2.29 bits per heavy atom. The minimum atomic E-state index is -0.0833. The van der Waals surface area contributed by atoms with Gasteiger partial charge in [-0.15, -0.1) is 0 Å². The third-order valence-electron chi connectivity index (χ3n) is 5.36. The number of rotatable bonds is 7. The van der Waals surface area contributed by atoms with Crippen molar-refractivity contribution < 1.29 is 9.53 Å². The van der Waals surface area contributed by atoms with E-state index in [9.17, 15) is 4.79 Å². The number of amides is 1. The molecule has 0 saturated carbocycles. The van der Waals surface area contributed by atoms with Gasteiger partial charge in [0.2, 0.25) is 0 Å². The fourth-order valence-corrected chi connectivity index (χ4v) is 3.31. The highest BCUT2D eigenvalue weighted by atomic mass is 16.5. The number of carbonyl (C=O) groups is 1. The molecule has 0 fully saturated rings. The zero-order chi connectivity index (χ0) is 21.6. The highest BCUT2D eigenvalue weighted by Gasteiger charge is 2.18. The Hall–Kier alpha value is -3.93. The quantitative estimate of drug-likeness (QED) is 0.447. The second-order valence-electron chi connectivity index (χ2n) is 7.29. The Morgan fingerprint density at radius 1 is 0.968 bits per heavy atom. The number of carbonyl (C=O) groups excluding carboxylic acids is 1. The molecule has 156 valence electrons. The largest absolute Gasteiger partial charge is 0.484 e. The van der Waals surface area contributed by atoms with E-state index >= 15 is 0 Å². The molecule has 31 heavy (non-hydrogen) atoms. The lowest BCUT2D eigenvalue weighted by molar-refractivity contribution is -0.134. The zero-order valence-electron chi connectivity index (χ0n) is 17.6. The second-order valence-corrected chi connectivity index (χ2v) is 7.29. The van der Waals surface area contributed by atoms with Crippen LogP contribution in [0.4, 0.5) is 0 Å². The number of benzene rings is 3. The van der Waals surface area contributed by atoms with Crippen LogP contribution in [0.5, 0.6) is 5.75 Å². The SMILES string of the molecule is C[C@@H](c1ccc(-n2cncn2)cc1)N(C)C(=O)COc1ccc(-c2ccccc2)cc1. The van der Waals surface area contributed by atoms with Gasteiger partial charge < -0.3 is 9.64 Å². The summed E-state index contributed by atoms with van der Waals surface area (Å²) in [6.07, 6.45) is 3.15. The Bertz CT molecular complexity index is 1110. The second kappa shape index (κ2) is 9.26. The van der Waals surface area contributed by atoms with Gasteiger partial charge in [-0.3, -0.25) is 4.79 Å². The number of aromatic nitrogens is 3. The number of likely N-dealkylation sites (N-methyl/N-ethyl adjacent to an activating group) is 1. The Labute approximate surface area is 181 Å². The van der Waals surface area contributed by atoms with Crippen LogP contribution >= 0.6 is 0 Å². The first-order valence-electron chi connectivity index (χ1n) is 10.1. The molecule has 4 rings (SSSR count). The van der Waals surface area contributed by atoms with Crippen molar-refractivity contribution in [1.29, 1.82) is 0 Å². The molecule has 0 radical (unpaired) electrons. The lowest BCUT2D eigenvalue weighted by Gasteiger charge is -2.25. The van der Waals surface area contributed by atoms with Gasteiger partial charge in [0, 0.05) is 7.05 Å². The van der Waals surface area contributed by atoms with Crippen molar-refractivity contribution in [2.75, 3.05) is 13.7 Å². The summed E-state index contributed by atoms with van der Waals surface area (Å²) in [4.78, 5) is 18.3. The molecule has 4 aromatic rings. The predicted molar refractivity (Wildman–Crippen MR) is 120 cm³/mol. The topological polar surface area (TPSA) is 60.2 Å². The van der Waals surface area contributed by atoms with E-state index in [0.717, 1.165) is 22.4 Å². The number of hydrogen-bond acceptors (Lipinski definition) is 4. The van der Waals surface area contributed by atoms with Crippen LogP contribution < -0.4 is 4.74 Å². The Morgan fingerprint density at radius 2 is 1.65 bits per heavy atom. The summed E-state index contributed by atoms with van der Waals surface area (Å²) >= 11 is 0. The first-order chi connectivity index (χ1) is 15.1. The maximum Gasteiger partial charge on any atom is 0.260 e. The van der Waals surface area contributed by atoms with Gasteiger partial charge in [-0.25, -0.2) is 9.67 Å². The average Bonchev–Trinajstić information content (AvgIpc) is 3.38. The normalized spacial score (nSPS) is 11.7. The molecule has 0 bridgehead atoms. The average molecular weight is 412 g/mol.